The summed E-state index contributed by atoms with van der Waals surface area (Å²) < 4.78 is 52.5. The zero-order valence-corrected chi connectivity index (χ0v) is 18.1. The quantitative estimate of drug-likeness (QED) is 0.712. The van der Waals surface area contributed by atoms with E-state index in [9.17, 15) is 18.0 Å². The molecule has 3 atom stereocenters. The lowest BCUT2D eigenvalue weighted by molar-refractivity contribution is -0.131. The average molecular weight is 437 g/mol. The van der Waals surface area contributed by atoms with E-state index in [0.717, 1.165) is 6.07 Å². The minimum atomic E-state index is -3.07. The maximum atomic E-state index is 14.1. The predicted molar refractivity (Wildman–Crippen MR) is 109 cm³/mol. The van der Waals surface area contributed by atoms with Gasteiger partial charge in [0.05, 0.1) is 36.4 Å². The molecule has 6 nitrogen and oxygen atoms in total. The molecule has 2 aromatic rings. The van der Waals surface area contributed by atoms with E-state index >= 15 is 0 Å². The van der Waals surface area contributed by atoms with Gasteiger partial charge in [-0.05, 0) is 25.8 Å². The zero-order valence-electron chi connectivity index (χ0n) is 18.1. The van der Waals surface area contributed by atoms with E-state index in [1.54, 1.807) is 0 Å². The number of carbonyl (C=O) groups excluding carboxylic acids is 1. The number of methoxy groups -OCH3 is 1. The van der Waals surface area contributed by atoms with Crippen LogP contribution in [-0.2, 0) is 16.0 Å². The van der Waals surface area contributed by atoms with Crippen LogP contribution in [0.15, 0.2) is 24.5 Å². The normalized spacial score (nSPS) is 22.5. The van der Waals surface area contributed by atoms with E-state index in [0.29, 0.717) is 23.5 Å². The van der Waals surface area contributed by atoms with Crippen molar-refractivity contribution >= 4 is 11.6 Å². The van der Waals surface area contributed by atoms with Gasteiger partial charge < -0.3 is 14.8 Å². The Morgan fingerprint density at radius 2 is 1.94 bits per heavy atom. The lowest BCUT2D eigenvalue weighted by Gasteiger charge is -2.26. The number of anilines is 1. The monoisotopic (exact) mass is 437 g/mol. The third-order valence-electron chi connectivity index (χ3n) is 5.89. The number of amides is 1. The molecule has 1 fully saturated rings. The number of nitrogens with one attached hydrogen (secondary N) is 1. The number of nitrogens with zero attached hydrogens (tertiary/aromatic N) is 2. The van der Waals surface area contributed by atoms with Crippen LogP contribution < -0.4 is 10.1 Å². The molecular formula is C22H26F3N3O3. The van der Waals surface area contributed by atoms with Gasteiger partial charge >= 0.3 is 0 Å². The van der Waals surface area contributed by atoms with E-state index in [1.165, 1.54) is 25.6 Å². The molecule has 0 aliphatic carbocycles. The number of rotatable bonds is 6. The van der Waals surface area contributed by atoms with Gasteiger partial charge in [0.25, 0.3) is 12.3 Å². The highest BCUT2D eigenvalue weighted by molar-refractivity contribution is 5.95. The van der Waals surface area contributed by atoms with E-state index in [1.807, 2.05) is 27.7 Å². The smallest absolute Gasteiger partial charge is 0.270 e. The first kappa shape index (κ1) is 23.0. The van der Waals surface area contributed by atoms with Crippen molar-refractivity contribution in [3.05, 3.63) is 47.3 Å². The molecule has 1 saturated heterocycles. The molecule has 0 spiro atoms. The molecule has 1 aromatic carbocycles. The topological polar surface area (TPSA) is 73.3 Å². The third kappa shape index (κ3) is 4.37. The van der Waals surface area contributed by atoms with Crippen LogP contribution in [0.4, 0.5) is 18.9 Å². The Labute approximate surface area is 179 Å². The molecule has 0 saturated carbocycles. The van der Waals surface area contributed by atoms with Crippen LogP contribution >= 0.6 is 0 Å². The van der Waals surface area contributed by atoms with Crippen molar-refractivity contribution in [2.24, 2.45) is 5.92 Å². The SMILES string of the molecule is CCc1ncc(NC(=O)[C@@H]2OC(C)(C)[C@@H](C)[C@H]2c2ccc(F)c(C(F)F)c2OC)cn1. The van der Waals surface area contributed by atoms with Crippen LogP contribution in [0.3, 0.4) is 0 Å². The van der Waals surface area contributed by atoms with Gasteiger partial charge in [0.2, 0.25) is 0 Å². The van der Waals surface area contributed by atoms with Crippen molar-refractivity contribution in [2.45, 2.75) is 58.2 Å². The van der Waals surface area contributed by atoms with Crippen molar-refractivity contribution < 1.29 is 27.4 Å². The molecule has 168 valence electrons. The number of hydrogen-bond acceptors (Lipinski definition) is 5. The van der Waals surface area contributed by atoms with E-state index in [4.69, 9.17) is 9.47 Å². The van der Waals surface area contributed by atoms with Crippen LogP contribution in [0.5, 0.6) is 5.75 Å². The third-order valence-corrected chi connectivity index (χ3v) is 5.89. The Morgan fingerprint density at radius 3 is 2.48 bits per heavy atom. The summed E-state index contributed by atoms with van der Waals surface area (Å²) in [6, 6.07) is 2.36. The molecule has 31 heavy (non-hydrogen) atoms. The molecule has 1 N–H and O–H groups in total. The standard InChI is InChI=1S/C22H26F3N3O3/c1-6-15-26-9-12(10-27-15)28-21(29)19-16(11(2)22(3,4)31-19)13-7-8-14(23)17(20(24)25)18(13)30-5/h7-11,16,19-20H,6H2,1-5H3,(H,28,29)/t11-,16-,19+/m0/s1. The Hall–Kier alpha value is -2.68. The molecule has 3 rings (SSSR count). The molecule has 1 amide bonds. The second-order valence-corrected chi connectivity index (χ2v) is 8.07. The summed E-state index contributed by atoms with van der Waals surface area (Å²) in [7, 11) is 1.21. The molecule has 0 radical (unpaired) electrons. The van der Waals surface area contributed by atoms with Gasteiger partial charge in [0.15, 0.2) is 0 Å². The Balaban J connectivity index is 2.00. The highest BCUT2D eigenvalue weighted by Crippen LogP contribution is 2.50. The van der Waals surface area contributed by atoms with E-state index in [-0.39, 0.29) is 11.7 Å². The number of benzene rings is 1. The molecule has 1 aromatic heterocycles. The Morgan fingerprint density at radius 1 is 1.29 bits per heavy atom. The first-order chi connectivity index (χ1) is 14.6. The number of hydrogen-bond donors (Lipinski definition) is 1. The predicted octanol–water partition coefficient (Wildman–Crippen LogP) is 4.66. The first-order valence-corrected chi connectivity index (χ1v) is 10.0. The summed E-state index contributed by atoms with van der Waals surface area (Å²) in [6.45, 7) is 7.42. The Bertz CT molecular complexity index is 951. The van der Waals surface area contributed by atoms with Gasteiger partial charge in [-0.1, -0.05) is 19.9 Å². The number of aromatic nitrogens is 2. The van der Waals surface area contributed by atoms with Crippen LogP contribution in [0, 0.1) is 11.7 Å². The Kier molecular flexibility index (Phi) is 6.54. The molecule has 2 heterocycles. The molecule has 1 aliphatic rings. The van der Waals surface area contributed by atoms with Crippen molar-refractivity contribution in [1.82, 2.24) is 9.97 Å². The number of carbonyl (C=O) groups is 1. The second kappa shape index (κ2) is 8.82. The summed E-state index contributed by atoms with van der Waals surface area (Å²) >= 11 is 0. The van der Waals surface area contributed by atoms with Crippen LogP contribution in [-0.4, -0.2) is 34.7 Å². The van der Waals surface area contributed by atoms with Gasteiger partial charge in [-0.3, -0.25) is 4.79 Å². The fraction of sp³-hybridized carbons (Fsp3) is 0.500. The molecule has 9 heteroatoms. The lowest BCUT2D eigenvalue weighted by atomic mass is 9.77. The van der Waals surface area contributed by atoms with Crippen LogP contribution in [0.1, 0.15) is 57.0 Å². The number of alkyl halides is 2. The zero-order chi connectivity index (χ0) is 22.9. The number of halogens is 3. The lowest BCUT2D eigenvalue weighted by Crippen LogP contribution is -2.33. The van der Waals surface area contributed by atoms with Crippen molar-refractivity contribution in [2.75, 3.05) is 12.4 Å². The maximum absolute atomic E-state index is 14.1. The average Bonchev–Trinajstić information content (AvgIpc) is 2.97. The number of aryl methyl sites for hydroxylation is 1. The van der Waals surface area contributed by atoms with Gasteiger partial charge in [0, 0.05) is 17.9 Å². The minimum absolute atomic E-state index is 0.258. The van der Waals surface area contributed by atoms with Crippen LogP contribution in [0.25, 0.3) is 0 Å². The highest BCUT2D eigenvalue weighted by Gasteiger charge is 2.51. The fourth-order valence-electron chi connectivity index (χ4n) is 3.95. The number of ether oxygens (including phenoxy) is 2. The van der Waals surface area contributed by atoms with Crippen LogP contribution in [0.2, 0.25) is 0 Å². The largest absolute Gasteiger partial charge is 0.496 e. The molecule has 0 unspecified atom stereocenters. The van der Waals surface area contributed by atoms with E-state index < -0.39 is 41.3 Å². The molecule has 0 bridgehead atoms. The summed E-state index contributed by atoms with van der Waals surface area (Å²) in [5.74, 6) is -2.05. The van der Waals surface area contributed by atoms with Gasteiger partial charge in [-0.15, -0.1) is 0 Å². The highest BCUT2D eigenvalue weighted by atomic mass is 19.3. The van der Waals surface area contributed by atoms with Gasteiger partial charge in [0.1, 0.15) is 23.5 Å². The fourth-order valence-corrected chi connectivity index (χ4v) is 3.95. The van der Waals surface area contributed by atoms with Crippen molar-refractivity contribution in [1.29, 1.82) is 0 Å². The first-order valence-electron chi connectivity index (χ1n) is 10.0. The van der Waals surface area contributed by atoms with Gasteiger partial charge in [-0.2, -0.15) is 0 Å². The molecule has 1 aliphatic heterocycles. The summed E-state index contributed by atoms with van der Waals surface area (Å²) in [5.41, 5.74) is -0.865. The summed E-state index contributed by atoms with van der Waals surface area (Å²) in [6.07, 6.45) is -0.432. The summed E-state index contributed by atoms with van der Waals surface area (Å²) in [5, 5.41) is 2.73. The summed E-state index contributed by atoms with van der Waals surface area (Å²) in [4.78, 5) is 21.4. The van der Waals surface area contributed by atoms with E-state index in [2.05, 4.69) is 15.3 Å². The van der Waals surface area contributed by atoms with Crippen molar-refractivity contribution in [3.63, 3.8) is 0 Å². The molecular weight excluding hydrogens is 411 g/mol. The van der Waals surface area contributed by atoms with Gasteiger partial charge in [-0.25, -0.2) is 23.1 Å². The second-order valence-electron chi connectivity index (χ2n) is 8.07. The maximum Gasteiger partial charge on any atom is 0.270 e. The minimum Gasteiger partial charge on any atom is -0.496 e. The van der Waals surface area contributed by atoms with Crippen molar-refractivity contribution in [3.8, 4) is 5.75 Å².